The van der Waals surface area contributed by atoms with Gasteiger partial charge in [0.25, 0.3) is 0 Å². The van der Waals surface area contributed by atoms with E-state index in [1.165, 1.54) is 7.11 Å². The first kappa shape index (κ1) is 17.7. The zero-order chi connectivity index (χ0) is 18.0. The minimum atomic E-state index is -0.431. The molecule has 0 unspecified atom stereocenters. The summed E-state index contributed by atoms with van der Waals surface area (Å²) in [6.45, 7) is 7.74. The Bertz CT molecular complexity index is 737. The summed E-state index contributed by atoms with van der Waals surface area (Å²) in [5.41, 5.74) is 0.810. The minimum absolute atomic E-state index is 0.104. The SMILES string of the molecule is COC(=O)c1oc([C@H](C)N2CCC[C@H](Cc3noc(C)n3)C2)cc1C. The van der Waals surface area contributed by atoms with Gasteiger partial charge in [-0.15, -0.1) is 0 Å². The van der Waals surface area contributed by atoms with Gasteiger partial charge in [0.1, 0.15) is 5.76 Å². The van der Waals surface area contributed by atoms with E-state index in [0.717, 1.165) is 49.5 Å². The Labute approximate surface area is 147 Å². The number of nitrogens with zero attached hydrogens (tertiary/aromatic N) is 3. The number of hydrogen-bond donors (Lipinski definition) is 0. The van der Waals surface area contributed by atoms with Crippen molar-refractivity contribution in [1.82, 2.24) is 15.0 Å². The maximum atomic E-state index is 11.8. The lowest BCUT2D eigenvalue weighted by Gasteiger charge is -2.35. The molecule has 1 aliphatic rings. The number of carbonyl (C=O) groups is 1. The summed E-state index contributed by atoms with van der Waals surface area (Å²) in [6, 6.07) is 2.04. The largest absolute Gasteiger partial charge is 0.463 e. The lowest BCUT2D eigenvalue weighted by atomic mass is 9.93. The lowest BCUT2D eigenvalue weighted by Crippen LogP contribution is -2.38. The molecule has 0 radical (unpaired) electrons. The average Bonchev–Trinajstić information content (AvgIpc) is 3.19. The summed E-state index contributed by atoms with van der Waals surface area (Å²) in [7, 11) is 1.36. The quantitative estimate of drug-likeness (QED) is 0.769. The second-order valence-electron chi connectivity index (χ2n) is 6.77. The van der Waals surface area contributed by atoms with Crippen LogP contribution < -0.4 is 0 Å². The fourth-order valence-corrected chi connectivity index (χ4v) is 3.49. The third-order valence-corrected chi connectivity index (χ3v) is 4.86. The predicted octanol–water partition coefficient (Wildman–Crippen LogP) is 3.08. The van der Waals surface area contributed by atoms with Crippen molar-refractivity contribution >= 4 is 5.97 Å². The summed E-state index contributed by atoms with van der Waals surface area (Å²) in [5.74, 6) is 2.54. The Morgan fingerprint density at radius 3 is 2.96 bits per heavy atom. The molecule has 0 aromatic carbocycles. The molecule has 0 bridgehead atoms. The van der Waals surface area contributed by atoms with Crippen LogP contribution in [0.1, 0.15) is 59.4 Å². The molecule has 7 heteroatoms. The highest BCUT2D eigenvalue weighted by Gasteiger charge is 2.28. The number of methoxy groups -OCH3 is 1. The third-order valence-electron chi connectivity index (χ3n) is 4.86. The van der Waals surface area contributed by atoms with Gasteiger partial charge in [-0.05, 0) is 45.2 Å². The molecular formula is C18H25N3O4. The maximum Gasteiger partial charge on any atom is 0.374 e. The number of carbonyl (C=O) groups excluding carboxylic acids is 1. The molecule has 1 fully saturated rings. The number of furan rings is 1. The molecule has 25 heavy (non-hydrogen) atoms. The van der Waals surface area contributed by atoms with Crippen molar-refractivity contribution in [2.45, 2.75) is 46.1 Å². The first-order chi connectivity index (χ1) is 12.0. The number of rotatable bonds is 5. The van der Waals surface area contributed by atoms with Crippen LogP contribution in [-0.4, -0.2) is 41.2 Å². The summed E-state index contributed by atoms with van der Waals surface area (Å²) >= 11 is 0. The zero-order valence-corrected chi connectivity index (χ0v) is 15.2. The van der Waals surface area contributed by atoms with Crippen LogP contribution in [0.2, 0.25) is 0 Å². The Hall–Kier alpha value is -2.15. The number of aromatic nitrogens is 2. The standard InChI is InChI=1S/C18H25N3O4/c1-11-8-15(24-17(11)18(22)23-4)12(2)21-7-5-6-14(10-21)9-16-19-13(3)25-20-16/h8,12,14H,5-7,9-10H2,1-4H3/t12-,14+/m0/s1. The molecule has 1 saturated heterocycles. The monoisotopic (exact) mass is 347 g/mol. The number of aryl methyl sites for hydroxylation is 2. The van der Waals surface area contributed by atoms with Gasteiger partial charge in [-0.25, -0.2) is 4.79 Å². The Balaban J connectivity index is 1.67. The maximum absolute atomic E-state index is 11.8. The summed E-state index contributed by atoms with van der Waals surface area (Å²) in [4.78, 5) is 18.5. The molecule has 3 rings (SSSR count). The van der Waals surface area contributed by atoms with Crippen LogP contribution in [0.25, 0.3) is 0 Å². The molecule has 2 aromatic heterocycles. The van der Waals surface area contributed by atoms with Crippen LogP contribution in [0.3, 0.4) is 0 Å². The highest BCUT2D eigenvalue weighted by molar-refractivity contribution is 5.87. The van der Waals surface area contributed by atoms with Crippen LogP contribution in [0.4, 0.5) is 0 Å². The molecule has 2 aromatic rings. The molecule has 0 aliphatic carbocycles. The van der Waals surface area contributed by atoms with E-state index in [1.807, 2.05) is 19.9 Å². The second-order valence-corrected chi connectivity index (χ2v) is 6.77. The van der Waals surface area contributed by atoms with Crippen LogP contribution in [0.15, 0.2) is 15.0 Å². The first-order valence-electron chi connectivity index (χ1n) is 8.69. The van der Waals surface area contributed by atoms with Crippen molar-refractivity contribution in [3.8, 4) is 0 Å². The van der Waals surface area contributed by atoms with Crippen LogP contribution in [-0.2, 0) is 11.2 Å². The molecule has 0 amide bonds. The smallest absolute Gasteiger partial charge is 0.374 e. The minimum Gasteiger partial charge on any atom is -0.463 e. The van der Waals surface area contributed by atoms with E-state index in [9.17, 15) is 4.79 Å². The number of likely N-dealkylation sites (tertiary alicyclic amines) is 1. The van der Waals surface area contributed by atoms with E-state index in [2.05, 4.69) is 22.0 Å². The normalized spacial score (nSPS) is 19.8. The fourth-order valence-electron chi connectivity index (χ4n) is 3.49. The molecule has 0 N–H and O–H groups in total. The van der Waals surface area contributed by atoms with Gasteiger partial charge >= 0.3 is 5.97 Å². The van der Waals surface area contributed by atoms with E-state index in [1.54, 1.807) is 0 Å². The summed E-state index contributed by atoms with van der Waals surface area (Å²) < 4.78 is 15.6. The molecule has 1 aliphatic heterocycles. The third kappa shape index (κ3) is 3.92. The topological polar surface area (TPSA) is 81.6 Å². The average molecular weight is 347 g/mol. The second kappa shape index (κ2) is 7.39. The van der Waals surface area contributed by atoms with Gasteiger partial charge in [-0.2, -0.15) is 4.98 Å². The Morgan fingerprint density at radius 2 is 2.28 bits per heavy atom. The van der Waals surface area contributed by atoms with E-state index in [-0.39, 0.29) is 6.04 Å². The molecule has 136 valence electrons. The number of ether oxygens (including phenoxy) is 1. The van der Waals surface area contributed by atoms with Crippen molar-refractivity contribution in [2.24, 2.45) is 5.92 Å². The van der Waals surface area contributed by atoms with E-state index in [4.69, 9.17) is 13.7 Å². The van der Waals surface area contributed by atoms with E-state index >= 15 is 0 Å². The van der Waals surface area contributed by atoms with Crippen LogP contribution >= 0.6 is 0 Å². The van der Waals surface area contributed by atoms with Crippen LogP contribution in [0.5, 0.6) is 0 Å². The van der Waals surface area contributed by atoms with Crippen molar-refractivity contribution in [3.63, 3.8) is 0 Å². The van der Waals surface area contributed by atoms with Crippen LogP contribution in [0, 0.1) is 19.8 Å². The fraction of sp³-hybridized carbons (Fsp3) is 0.611. The number of piperidine rings is 1. The van der Waals surface area contributed by atoms with Gasteiger partial charge in [0.05, 0.1) is 13.2 Å². The molecule has 0 saturated carbocycles. The molecule has 7 nitrogen and oxygen atoms in total. The van der Waals surface area contributed by atoms with E-state index in [0.29, 0.717) is 17.6 Å². The number of esters is 1. The molecular weight excluding hydrogens is 322 g/mol. The molecule has 2 atom stereocenters. The van der Waals surface area contributed by atoms with Crippen molar-refractivity contribution in [2.75, 3.05) is 20.2 Å². The molecule has 0 spiro atoms. The van der Waals surface area contributed by atoms with Gasteiger partial charge < -0.3 is 13.7 Å². The van der Waals surface area contributed by atoms with Gasteiger partial charge in [0, 0.05) is 25.5 Å². The number of hydrogen-bond acceptors (Lipinski definition) is 7. The first-order valence-corrected chi connectivity index (χ1v) is 8.69. The lowest BCUT2D eigenvalue weighted by molar-refractivity contribution is 0.0554. The van der Waals surface area contributed by atoms with Gasteiger partial charge in [0.15, 0.2) is 5.82 Å². The zero-order valence-electron chi connectivity index (χ0n) is 15.2. The summed E-state index contributed by atoms with van der Waals surface area (Å²) in [6.07, 6.45) is 3.10. The van der Waals surface area contributed by atoms with Crippen molar-refractivity contribution in [1.29, 1.82) is 0 Å². The van der Waals surface area contributed by atoms with Gasteiger partial charge in [0.2, 0.25) is 11.7 Å². The Morgan fingerprint density at radius 1 is 1.48 bits per heavy atom. The highest BCUT2D eigenvalue weighted by Crippen LogP contribution is 2.30. The molecule has 3 heterocycles. The summed E-state index contributed by atoms with van der Waals surface area (Å²) in [5, 5.41) is 4.01. The van der Waals surface area contributed by atoms with Gasteiger partial charge in [-0.1, -0.05) is 5.16 Å². The van der Waals surface area contributed by atoms with Crippen molar-refractivity contribution in [3.05, 3.63) is 34.9 Å². The van der Waals surface area contributed by atoms with Gasteiger partial charge in [-0.3, -0.25) is 4.90 Å². The van der Waals surface area contributed by atoms with E-state index < -0.39 is 5.97 Å². The van der Waals surface area contributed by atoms with Crippen molar-refractivity contribution < 1.29 is 18.5 Å². The Kier molecular flexibility index (Phi) is 5.22. The highest BCUT2D eigenvalue weighted by atomic mass is 16.5. The predicted molar refractivity (Wildman–Crippen MR) is 90.2 cm³/mol.